The van der Waals surface area contributed by atoms with Gasteiger partial charge in [-0.2, -0.15) is 0 Å². The molecule has 0 bridgehead atoms. The van der Waals surface area contributed by atoms with Gasteiger partial charge in [0.2, 0.25) is 0 Å². The predicted molar refractivity (Wildman–Crippen MR) is 91.6 cm³/mol. The van der Waals surface area contributed by atoms with Crippen LogP contribution in [-0.2, 0) is 6.54 Å². The standard InChI is InChI=1S/C19H32N2/c1-6-18(5)14-20-19(7-2,8-3)15-21(18)13-17-11-9-16(4)10-12-17/h9-12,20H,6-8,13-15H2,1-5H3. The quantitative estimate of drug-likeness (QED) is 0.876. The number of nitrogens with one attached hydrogen (secondary N) is 1. The molecule has 1 aliphatic heterocycles. The average molecular weight is 288 g/mol. The van der Waals surface area contributed by atoms with Crippen LogP contribution in [0.3, 0.4) is 0 Å². The fourth-order valence-electron chi connectivity index (χ4n) is 3.33. The van der Waals surface area contributed by atoms with Gasteiger partial charge in [-0.1, -0.05) is 50.6 Å². The normalized spacial score (nSPS) is 26.0. The van der Waals surface area contributed by atoms with E-state index in [1.54, 1.807) is 0 Å². The molecule has 0 aromatic heterocycles. The third kappa shape index (κ3) is 3.49. The molecule has 1 N–H and O–H groups in total. The first-order chi connectivity index (χ1) is 9.97. The summed E-state index contributed by atoms with van der Waals surface area (Å²) in [6.45, 7) is 14.8. The second kappa shape index (κ2) is 6.50. The molecule has 118 valence electrons. The highest BCUT2D eigenvalue weighted by molar-refractivity contribution is 5.22. The smallest absolute Gasteiger partial charge is 0.0307 e. The SMILES string of the molecule is CCC1(CC)CN(Cc2ccc(C)cc2)C(C)(CC)CN1. The van der Waals surface area contributed by atoms with Crippen molar-refractivity contribution in [1.29, 1.82) is 0 Å². The van der Waals surface area contributed by atoms with Crippen molar-refractivity contribution in [3.8, 4) is 0 Å². The molecule has 1 aromatic rings. The summed E-state index contributed by atoms with van der Waals surface area (Å²) in [5, 5.41) is 3.86. The van der Waals surface area contributed by atoms with E-state index in [0.717, 1.165) is 19.6 Å². The number of aryl methyl sites for hydroxylation is 1. The second-order valence-electron chi connectivity index (χ2n) is 7.03. The Bertz CT molecular complexity index is 447. The molecule has 2 rings (SSSR count). The minimum absolute atomic E-state index is 0.263. The highest BCUT2D eigenvalue weighted by Crippen LogP contribution is 2.31. The summed E-state index contributed by atoms with van der Waals surface area (Å²) in [7, 11) is 0. The molecule has 2 heteroatoms. The van der Waals surface area contributed by atoms with E-state index in [1.807, 2.05) is 0 Å². The van der Waals surface area contributed by atoms with Crippen molar-refractivity contribution in [1.82, 2.24) is 10.2 Å². The molecular weight excluding hydrogens is 256 g/mol. The first kappa shape index (κ1) is 16.5. The number of benzene rings is 1. The molecule has 1 fully saturated rings. The van der Waals surface area contributed by atoms with Gasteiger partial charge in [-0.25, -0.2) is 0 Å². The van der Waals surface area contributed by atoms with E-state index in [9.17, 15) is 0 Å². The molecule has 0 aliphatic carbocycles. The minimum atomic E-state index is 0.263. The van der Waals surface area contributed by atoms with Crippen LogP contribution in [0.1, 0.15) is 58.1 Å². The Labute approximate surface area is 130 Å². The highest BCUT2D eigenvalue weighted by atomic mass is 15.3. The van der Waals surface area contributed by atoms with Crippen LogP contribution in [0.25, 0.3) is 0 Å². The lowest BCUT2D eigenvalue weighted by Crippen LogP contribution is -2.68. The molecule has 2 nitrogen and oxygen atoms in total. The largest absolute Gasteiger partial charge is 0.308 e. The molecule has 0 amide bonds. The van der Waals surface area contributed by atoms with E-state index in [4.69, 9.17) is 0 Å². The van der Waals surface area contributed by atoms with Crippen molar-refractivity contribution in [2.24, 2.45) is 0 Å². The number of nitrogens with zero attached hydrogens (tertiary/aromatic N) is 1. The topological polar surface area (TPSA) is 15.3 Å². The number of hydrogen-bond acceptors (Lipinski definition) is 2. The molecule has 1 aliphatic rings. The lowest BCUT2D eigenvalue weighted by atomic mass is 9.82. The molecule has 1 heterocycles. The highest BCUT2D eigenvalue weighted by Gasteiger charge is 2.42. The van der Waals surface area contributed by atoms with Gasteiger partial charge in [0.15, 0.2) is 0 Å². The van der Waals surface area contributed by atoms with Crippen LogP contribution in [0.5, 0.6) is 0 Å². The molecule has 1 saturated heterocycles. The van der Waals surface area contributed by atoms with E-state index < -0.39 is 0 Å². The molecule has 0 radical (unpaired) electrons. The zero-order chi connectivity index (χ0) is 15.5. The number of rotatable bonds is 5. The van der Waals surface area contributed by atoms with Crippen LogP contribution in [-0.4, -0.2) is 29.1 Å². The van der Waals surface area contributed by atoms with Crippen LogP contribution in [0.4, 0.5) is 0 Å². The monoisotopic (exact) mass is 288 g/mol. The van der Waals surface area contributed by atoms with Crippen LogP contribution in [0.15, 0.2) is 24.3 Å². The van der Waals surface area contributed by atoms with Crippen molar-refractivity contribution >= 4 is 0 Å². The van der Waals surface area contributed by atoms with Crippen molar-refractivity contribution < 1.29 is 0 Å². The average Bonchev–Trinajstić information content (AvgIpc) is 2.52. The molecule has 21 heavy (non-hydrogen) atoms. The fraction of sp³-hybridized carbons (Fsp3) is 0.684. The first-order valence-corrected chi connectivity index (χ1v) is 8.52. The van der Waals surface area contributed by atoms with Crippen molar-refractivity contribution in [2.75, 3.05) is 13.1 Å². The van der Waals surface area contributed by atoms with Crippen molar-refractivity contribution in [3.05, 3.63) is 35.4 Å². The Hall–Kier alpha value is -0.860. The summed E-state index contributed by atoms with van der Waals surface area (Å²) in [5.74, 6) is 0. The molecule has 0 saturated carbocycles. The number of piperazine rings is 1. The van der Waals surface area contributed by atoms with Crippen LogP contribution in [0.2, 0.25) is 0 Å². The summed E-state index contributed by atoms with van der Waals surface area (Å²) in [6.07, 6.45) is 3.59. The zero-order valence-electron chi connectivity index (χ0n) is 14.5. The minimum Gasteiger partial charge on any atom is -0.308 e. The Morgan fingerprint density at radius 1 is 1.05 bits per heavy atom. The third-order valence-electron chi connectivity index (χ3n) is 5.71. The Balaban J connectivity index is 2.20. The molecule has 1 unspecified atom stereocenters. The lowest BCUT2D eigenvalue weighted by molar-refractivity contribution is 0.00276. The van der Waals surface area contributed by atoms with Crippen molar-refractivity contribution in [2.45, 2.75) is 71.5 Å². The molecule has 0 spiro atoms. The van der Waals surface area contributed by atoms with Gasteiger partial charge in [0.1, 0.15) is 0 Å². The van der Waals surface area contributed by atoms with Gasteiger partial charge in [0.25, 0.3) is 0 Å². The maximum atomic E-state index is 3.86. The van der Waals surface area contributed by atoms with Gasteiger partial charge >= 0.3 is 0 Å². The van der Waals surface area contributed by atoms with Gasteiger partial charge in [-0.15, -0.1) is 0 Å². The molecule has 1 aromatic carbocycles. The Kier molecular flexibility index (Phi) is 5.11. The van der Waals surface area contributed by atoms with Gasteiger partial charge in [-0.05, 0) is 38.7 Å². The first-order valence-electron chi connectivity index (χ1n) is 8.52. The van der Waals surface area contributed by atoms with E-state index in [2.05, 4.69) is 69.1 Å². The Morgan fingerprint density at radius 3 is 2.19 bits per heavy atom. The van der Waals surface area contributed by atoms with Crippen LogP contribution in [0, 0.1) is 6.92 Å². The van der Waals surface area contributed by atoms with E-state index in [-0.39, 0.29) is 5.54 Å². The second-order valence-corrected chi connectivity index (χ2v) is 7.03. The Morgan fingerprint density at radius 2 is 1.67 bits per heavy atom. The summed E-state index contributed by atoms with van der Waals surface area (Å²) >= 11 is 0. The molecule has 1 atom stereocenters. The van der Waals surface area contributed by atoms with Crippen LogP contribution < -0.4 is 5.32 Å². The fourth-order valence-corrected chi connectivity index (χ4v) is 3.33. The lowest BCUT2D eigenvalue weighted by Gasteiger charge is -2.53. The summed E-state index contributed by atoms with van der Waals surface area (Å²) in [6, 6.07) is 9.03. The van der Waals surface area contributed by atoms with Gasteiger partial charge in [0.05, 0.1) is 0 Å². The van der Waals surface area contributed by atoms with Gasteiger partial charge in [-0.3, -0.25) is 4.90 Å². The summed E-state index contributed by atoms with van der Waals surface area (Å²) < 4.78 is 0. The predicted octanol–water partition coefficient (Wildman–Crippen LogP) is 4.13. The van der Waals surface area contributed by atoms with Gasteiger partial charge < -0.3 is 5.32 Å². The number of hydrogen-bond donors (Lipinski definition) is 1. The maximum absolute atomic E-state index is 3.86. The van der Waals surface area contributed by atoms with Gasteiger partial charge in [0, 0.05) is 30.7 Å². The molecular formula is C19H32N2. The van der Waals surface area contributed by atoms with Crippen molar-refractivity contribution in [3.63, 3.8) is 0 Å². The summed E-state index contributed by atoms with van der Waals surface area (Å²) in [5.41, 5.74) is 3.33. The zero-order valence-corrected chi connectivity index (χ0v) is 14.5. The van der Waals surface area contributed by atoms with Crippen LogP contribution >= 0.6 is 0 Å². The third-order valence-corrected chi connectivity index (χ3v) is 5.71. The maximum Gasteiger partial charge on any atom is 0.0307 e. The van der Waals surface area contributed by atoms with E-state index in [1.165, 1.54) is 30.4 Å². The van der Waals surface area contributed by atoms with E-state index in [0.29, 0.717) is 5.54 Å². The van der Waals surface area contributed by atoms with E-state index >= 15 is 0 Å². The summed E-state index contributed by atoms with van der Waals surface area (Å²) in [4.78, 5) is 2.71.